The SMILES string of the molecule is CC1=CC23C(=O)[C@@H](C=C(CO)[C@@H](O)[C@]2(O)[C@H]1OC(=O)N(C)c1ccc(Cl)cc1)C(C)(C)[C@H](C)CC3C. The lowest BCUT2D eigenvalue weighted by molar-refractivity contribution is -0.189. The topological polar surface area (TPSA) is 107 Å². The molecule has 2 bridgehead atoms. The van der Waals surface area contributed by atoms with Crippen molar-refractivity contribution in [3.63, 3.8) is 0 Å². The first kappa shape index (κ1) is 26.9. The third-order valence-corrected chi connectivity index (χ3v) is 9.47. The number of allylic oxidation sites excluding steroid dienone is 1. The van der Waals surface area contributed by atoms with Crippen LogP contribution in [0.3, 0.4) is 0 Å². The van der Waals surface area contributed by atoms with E-state index in [0.29, 0.717) is 22.7 Å². The third kappa shape index (κ3) is 3.58. The Labute approximate surface area is 217 Å². The van der Waals surface area contributed by atoms with Gasteiger partial charge >= 0.3 is 6.09 Å². The number of carbonyl (C=O) groups is 2. The molecular formula is C28H36ClNO6. The Morgan fingerprint density at radius 2 is 1.81 bits per heavy atom. The van der Waals surface area contributed by atoms with Crippen LogP contribution in [0.15, 0.2) is 47.6 Å². The van der Waals surface area contributed by atoms with Gasteiger partial charge < -0.3 is 20.1 Å². The molecule has 1 aromatic carbocycles. The molecule has 0 radical (unpaired) electrons. The zero-order valence-corrected chi connectivity index (χ0v) is 22.4. The summed E-state index contributed by atoms with van der Waals surface area (Å²) in [6.07, 6.45) is 0.286. The standard InChI is InChI=1S/C28H36ClNO6/c1-15-13-27-17(3)11-16(2)26(4,5)21(23(27)33)12-18(14-31)22(32)28(27,35)24(15)36-25(34)30(6)20-9-7-19(29)8-10-20/h7-10,12-13,16-17,21-22,24,31-32,35H,11,14H2,1-6H3/t16-,17?,21-,22-,24+,27?,28+/m1/s1. The van der Waals surface area contributed by atoms with Crippen LogP contribution in [0.4, 0.5) is 10.5 Å². The molecule has 3 aliphatic rings. The quantitative estimate of drug-likeness (QED) is 0.520. The van der Waals surface area contributed by atoms with Crippen molar-refractivity contribution < 1.29 is 29.6 Å². The Kier molecular flexibility index (Phi) is 6.70. The van der Waals surface area contributed by atoms with Gasteiger partial charge in [0, 0.05) is 23.7 Å². The van der Waals surface area contributed by atoms with Crippen LogP contribution in [-0.2, 0) is 9.53 Å². The average molecular weight is 518 g/mol. The molecule has 1 aromatic rings. The lowest BCUT2D eigenvalue weighted by atomic mass is 9.59. The smallest absolute Gasteiger partial charge is 0.414 e. The number of ketones is 1. The number of benzene rings is 1. The van der Waals surface area contributed by atoms with Gasteiger partial charge in [-0.3, -0.25) is 9.69 Å². The van der Waals surface area contributed by atoms with Gasteiger partial charge in [0.1, 0.15) is 6.10 Å². The largest absolute Gasteiger partial charge is 0.438 e. The monoisotopic (exact) mass is 517 g/mol. The number of anilines is 1. The predicted molar refractivity (Wildman–Crippen MR) is 138 cm³/mol. The van der Waals surface area contributed by atoms with Gasteiger partial charge in [-0.05, 0) is 66.0 Å². The third-order valence-electron chi connectivity index (χ3n) is 9.22. The minimum absolute atomic E-state index is 0.114. The molecule has 8 heteroatoms. The number of carbonyl (C=O) groups excluding carboxylic acids is 2. The summed E-state index contributed by atoms with van der Waals surface area (Å²) < 4.78 is 5.88. The molecule has 7 nitrogen and oxygen atoms in total. The molecule has 1 amide bonds. The zero-order valence-electron chi connectivity index (χ0n) is 21.7. The summed E-state index contributed by atoms with van der Waals surface area (Å²) >= 11 is 5.96. The zero-order chi connectivity index (χ0) is 26.8. The summed E-state index contributed by atoms with van der Waals surface area (Å²) in [6, 6.07) is 6.61. The lowest BCUT2D eigenvalue weighted by Gasteiger charge is -2.48. The summed E-state index contributed by atoms with van der Waals surface area (Å²) in [5, 5.41) is 34.8. The van der Waals surface area contributed by atoms with Crippen molar-refractivity contribution in [2.24, 2.45) is 28.6 Å². The summed E-state index contributed by atoms with van der Waals surface area (Å²) in [4.78, 5) is 28.9. The Hall–Kier alpha value is -2.19. The van der Waals surface area contributed by atoms with Crippen LogP contribution in [-0.4, -0.2) is 58.7 Å². The minimum atomic E-state index is -2.19. The second kappa shape index (κ2) is 8.98. The molecule has 2 unspecified atom stereocenters. The van der Waals surface area contributed by atoms with E-state index in [1.165, 1.54) is 11.9 Å². The maximum atomic E-state index is 14.4. The molecule has 0 heterocycles. The summed E-state index contributed by atoms with van der Waals surface area (Å²) in [7, 11) is 1.53. The number of Topliss-reactive ketones (excluding diaryl/α,β-unsaturated/α-hetero) is 1. The maximum absolute atomic E-state index is 14.4. The van der Waals surface area contributed by atoms with E-state index in [1.807, 2.05) is 20.8 Å². The number of nitrogens with zero attached hydrogens (tertiary/aromatic N) is 1. The van der Waals surface area contributed by atoms with Gasteiger partial charge in [0.2, 0.25) is 0 Å². The second-order valence-corrected chi connectivity index (χ2v) is 11.8. The highest BCUT2D eigenvalue weighted by atomic mass is 35.5. The van der Waals surface area contributed by atoms with Gasteiger partial charge in [-0.1, -0.05) is 51.4 Å². The first-order valence-corrected chi connectivity index (χ1v) is 12.8. The Bertz CT molecular complexity index is 1130. The van der Waals surface area contributed by atoms with Crippen molar-refractivity contribution in [3.05, 3.63) is 52.6 Å². The molecule has 7 atom stereocenters. The fourth-order valence-electron chi connectivity index (χ4n) is 6.60. The molecule has 4 rings (SSSR count). The van der Waals surface area contributed by atoms with Crippen molar-refractivity contribution in [2.45, 2.75) is 58.8 Å². The van der Waals surface area contributed by atoms with Crippen LogP contribution in [0, 0.1) is 28.6 Å². The van der Waals surface area contributed by atoms with Crippen molar-refractivity contribution in [3.8, 4) is 0 Å². The number of halogens is 1. The molecule has 196 valence electrons. The van der Waals surface area contributed by atoms with Crippen molar-refractivity contribution >= 4 is 29.2 Å². The lowest BCUT2D eigenvalue weighted by Crippen LogP contribution is -2.66. The molecule has 1 spiro atoms. The normalized spacial score (nSPS) is 37.3. The summed E-state index contributed by atoms with van der Waals surface area (Å²) in [6.45, 7) is 9.18. The highest BCUT2D eigenvalue weighted by Crippen LogP contribution is 2.62. The number of aliphatic hydroxyl groups excluding tert-OH is 2. The van der Waals surface area contributed by atoms with Gasteiger partial charge in [-0.15, -0.1) is 0 Å². The summed E-state index contributed by atoms with van der Waals surface area (Å²) in [5.41, 5.74) is -3.00. The molecule has 36 heavy (non-hydrogen) atoms. The first-order valence-electron chi connectivity index (χ1n) is 12.4. The Balaban J connectivity index is 1.83. The van der Waals surface area contributed by atoms with E-state index in [0.717, 1.165) is 0 Å². The second-order valence-electron chi connectivity index (χ2n) is 11.4. The van der Waals surface area contributed by atoms with E-state index in [2.05, 4.69) is 6.92 Å². The van der Waals surface area contributed by atoms with Gasteiger partial charge in [-0.25, -0.2) is 4.79 Å². The van der Waals surface area contributed by atoms with E-state index in [4.69, 9.17) is 16.3 Å². The Morgan fingerprint density at radius 3 is 2.39 bits per heavy atom. The predicted octanol–water partition coefficient (Wildman–Crippen LogP) is 4.14. The van der Waals surface area contributed by atoms with Gasteiger partial charge in [-0.2, -0.15) is 0 Å². The number of hydrogen-bond donors (Lipinski definition) is 3. The highest BCUT2D eigenvalue weighted by Gasteiger charge is 2.73. The molecule has 0 saturated heterocycles. The van der Waals surface area contributed by atoms with Gasteiger partial charge in [0.05, 0.1) is 12.0 Å². The average Bonchev–Trinajstić information content (AvgIpc) is 3.00. The number of rotatable bonds is 3. The number of fused-ring (bicyclic) bond motifs is 1. The van der Waals surface area contributed by atoms with Crippen LogP contribution < -0.4 is 4.90 Å². The Morgan fingerprint density at radius 1 is 1.19 bits per heavy atom. The van der Waals surface area contributed by atoms with Crippen molar-refractivity contribution in [1.82, 2.24) is 0 Å². The van der Waals surface area contributed by atoms with Crippen LogP contribution >= 0.6 is 11.6 Å². The van der Waals surface area contributed by atoms with Gasteiger partial charge in [0.25, 0.3) is 0 Å². The van der Waals surface area contributed by atoms with E-state index in [1.54, 1.807) is 43.3 Å². The highest BCUT2D eigenvalue weighted by molar-refractivity contribution is 6.30. The van der Waals surface area contributed by atoms with E-state index in [9.17, 15) is 24.9 Å². The van der Waals surface area contributed by atoms with Crippen molar-refractivity contribution in [2.75, 3.05) is 18.6 Å². The number of ether oxygens (including phenoxy) is 1. The molecule has 3 N–H and O–H groups in total. The number of aliphatic hydroxyl groups is 3. The first-order chi connectivity index (χ1) is 16.7. The molecule has 3 aliphatic carbocycles. The van der Waals surface area contributed by atoms with E-state index >= 15 is 0 Å². The molecule has 0 aromatic heterocycles. The van der Waals surface area contributed by atoms with Crippen molar-refractivity contribution in [1.29, 1.82) is 0 Å². The van der Waals surface area contributed by atoms with Gasteiger partial charge in [0.15, 0.2) is 17.5 Å². The molecule has 1 saturated carbocycles. The molecule has 1 fully saturated rings. The van der Waals surface area contributed by atoms with Crippen LogP contribution in [0.1, 0.15) is 41.0 Å². The number of hydrogen-bond acceptors (Lipinski definition) is 6. The fraction of sp³-hybridized carbons (Fsp3) is 0.571. The van der Waals surface area contributed by atoms with Crippen LogP contribution in [0.25, 0.3) is 0 Å². The molecule has 0 aliphatic heterocycles. The summed E-state index contributed by atoms with van der Waals surface area (Å²) in [5.74, 6) is -1.11. The van der Waals surface area contributed by atoms with E-state index in [-0.39, 0.29) is 23.2 Å². The van der Waals surface area contributed by atoms with Crippen LogP contribution in [0.5, 0.6) is 0 Å². The maximum Gasteiger partial charge on any atom is 0.414 e. The fourth-order valence-corrected chi connectivity index (χ4v) is 6.73. The minimum Gasteiger partial charge on any atom is -0.438 e. The van der Waals surface area contributed by atoms with E-state index < -0.39 is 47.3 Å². The van der Waals surface area contributed by atoms with Crippen LogP contribution in [0.2, 0.25) is 5.02 Å². The number of amides is 1. The molecular weight excluding hydrogens is 482 g/mol.